The summed E-state index contributed by atoms with van der Waals surface area (Å²) < 4.78 is 43.8. The van der Waals surface area contributed by atoms with E-state index in [2.05, 4.69) is 19.8 Å². The van der Waals surface area contributed by atoms with E-state index in [0.717, 1.165) is 0 Å². The van der Waals surface area contributed by atoms with E-state index in [0.29, 0.717) is 37.0 Å². The summed E-state index contributed by atoms with van der Waals surface area (Å²) in [4.78, 5) is 32.9. The van der Waals surface area contributed by atoms with Crippen molar-refractivity contribution in [2.24, 2.45) is 0 Å². The molecular formula is C20H20F3N5O3. The molecule has 3 aromatic rings. The number of rotatable bonds is 4. The lowest BCUT2D eigenvalue weighted by Gasteiger charge is -2.31. The van der Waals surface area contributed by atoms with E-state index in [4.69, 9.17) is 0 Å². The summed E-state index contributed by atoms with van der Waals surface area (Å²) in [6, 6.07) is 5.69. The molecule has 0 aliphatic carbocycles. The number of H-pyrrole nitrogens is 1. The first-order valence-electron chi connectivity index (χ1n) is 9.77. The summed E-state index contributed by atoms with van der Waals surface area (Å²) in [5.74, 6) is -0.123. The van der Waals surface area contributed by atoms with Crippen molar-refractivity contribution in [1.29, 1.82) is 0 Å². The monoisotopic (exact) mass is 435 g/mol. The Hall–Kier alpha value is -3.37. The summed E-state index contributed by atoms with van der Waals surface area (Å²) in [6.07, 6.45) is -2.10. The van der Waals surface area contributed by atoms with Gasteiger partial charge in [-0.2, -0.15) is 5.10 Å². The molecule has 0 radical (unpaired) electrons. The number of alkyl halides is 3. The number of hydrogen-bond donors (Lipinski definition) is 1. The summed E-state index contributed by atoms with van der Waals surface area (Å²) in [5.41, 5.74) is 0.194. The van der Waals surface area contributed by atoms with E-state index in [1.165, 1.54) is 31.3 Å². The number of ether oxygens (including phenoxy) is 1. The Labute approximate surface area is 174 Å². The van der Waals surface area contributed by atoms with Gasteiger partial charge in [0, 0.05) is 32.0 Å². The SMILES string of the molecule is CC(=O)N1CCC(n2ncc3c(=O)[nH]c(Cc4ccccc4OC(F)(F)F)nc32)CC1. The van der Waals surface area contributed by atoms with Gasteiger partial charge in [-0.1, -0.05) is 18.2 Å². The van der Waals surface area contributed by atoms with Crippen LogP contribution in [0.3, 0.4) is 0 Å². The second kappa shape index (κ2) is 8.05. The minimum atomic E-state index is -4.83. The predicted octanol–water partition coefficient (Wildman–Crippen LogP) is 2.79. The second-order valence-corrected chi connectivity index (χ2v) is 7.41. The molecule has 8 nitrogen and oxygen atoms in total. The zero-order chi connectivity index (χ0) is 22.2. The standard InChI is InChI=1S/C20H20F3N5O3/c1-12(29)27-8-6-14(7-9-27)28-18-15(11-24-28)19(30)26-17(25-18)10-13-4-2-3-5-16(13)31-20(21,22)23/h2-5,11,14H,6-10H2,1H3,(H,25,26,30). The molecule has 1 fully saturated rings. The number of nitrogens with zero attached hydrogens (tertiary/aromatic N) is 4. The van der Waals surface area contributed by atoms with Gasteiger partial charge in [-0.25, -0.2) is 9.67 Å². The number of fused-ring (bicyclic) bond motifs is 1. The highest BCUT2D eigenvalue weighted by atomic mass is 19.4. The van der Waals surface area contributed by atoms with E-state index in [1.807, 2.05) is 0 Å². The number of benzene rings is 1. The van der Waals surface area contributed by atoms with Crippen LogP contribution >= 0.6 is 0 Å². The maximum Gasteiger partial charge on any atom is 0.573 e. The number of hydrogen-bond acceptors (Lipinski definition) is 5. The summed E-state index contributed by atoms with van der Waals surface area (Å²) in [5, 5.41) is 4.62. The lowest BCUT2D eigenvalue weighted by Crippen LogP contribution is -2.37. The van der Waals surface area contributed by atoms with Crippen molar-refractivity contribution >= 4 is 16.9 Å². The minimum Gasteiger partial charge on any atom is -0.405 e. The first kappa shape index (κ1) is 20.9. The zero-order valence-corrected chi connectivity index (χ0v) is 16.6. The first-order chi connectivity index (χ1) is 14.7. The highest BCUT2D eigenvalue weighted by Gasteiger charge is 2.32. The summed E-state index contributed by atoms with van der Waals surface area (Å²) in [6.45, 7) is 2.69. The van der Waals surface area contributed by atoms with Crippen molar-refractivity contribution in [1.82, 2.24) is 24.6 Å². The molecule has 1 aliphatic heterocycles. The Morgan fingerprint density at radius 3 is 2.65 bits per heavy atom. The molecule has 1 N–H and O–H groups in total. The molecule has 2 aromatic heterocycles. The van der Waals surface area contributed by atoms with Crippen LogP contribution < -0.4 is 10.3 Å². The zero-order valence-electron chi connectivity index (χ0n) is 16.6. The lowest BCUT2D eigenvalue weighted by molar-refractivity contribution is -0.274. The molecular weight excluding hydrogens is 415 g/mol. The average molecular weight is 435 g/mol. The third-order valence-electron chi connectivity index (χ3n) is 5.32. The smallest absolute Gasteiger partial charge is 0.405 e. The van der Waals surface area contributed by atoms with Crippen LogP contribution in [0.15, 0.2) is 35.3 Å². The molecule has 1 saturated heterocycles. The highest BCUT2D eigenvalue weighted by molar-refractivity contribution is 5.74. The molecule has 3 heterocycles. The molecule has 1 aromatic carbocycles. The van der Waals surface area contributed by atoms with Crippen molar-refractivity contribution in [2.45, 2.75) is 38.6 Å². The number of aromatic nitrogens is 4. The summed E-state index contributed by atoms with van der Waals surface area (Å²) in [7, 11) is 0. The van der Waals surface area contributed by atoms with E-state index in [1.54, 1.807) is 15.6 Å². The van der Waals surface area contributed by atoms with Crippen LogP contribution in [0.5, 0.6) is 5.75 Å². The Balaban J connectivity index is 1.64. The average Bonchev–Trinajstić information content (AvgIpc) is 3.13. The van der Waals surface area contributed by atoms with Crippen LogP contribution in [0.1, 0.15) is 37.2 Å². The number of carbonyl (C=O) groups is 1. The number of nitrogens with one attached hydrogen (secondary N) is 1. The number of likely N-dealkylation sites (tertiary alicyclic amines) is 1. The Morgan fingerprint density at radius 2 is 1.97 bits per heavy atom. The first-order valence-corrected chi connectivity index (χ1v) is 9.77. The molecule has 0 atom stereocenters. The number of halogens is 3. The molecule has 1 amide bonds. The Bertz CT molecular complexity index is 1160. The molecule has 31 heavy (non-hydrogen) atoms. The maximum atomic E-state index is 12.7. The van der Waals surface area contributed by atoms with Gasteiger partial charge in [0.05, 0.1) is 12.2 Å². The van der Waals surface area contributed by atoms with Gasteiger partial charge in [-0.05, 0) is 18.9 Å². The van der Waals surface area contributed by atoms with Gasteiger partial charge in [0.1, 0.15) is 17.0 Å². The topological polar surface area (TPSA) is 93.1 Å². The fraction of sp³-hybridized carbons (Fsp3) is 0.400. The van der Waals surface area contributed by atoms with Crippen LogP contribution in [-0.2, 0) is 11.2 Å². The maximum absolute atomic E-state index is 12.7. The van der Waals surface area contributed by atoms with Crippen LogP contribution in [0.2, 0.25) is 0 Å². The third kappa shape index (κ3) is 4.54. The highest BCUT2D eigenvalue weighted by Crippen LogP contribution is 2.28. The van der Waals surface area contributed by atoms with Gasteiger partial charge < -0.3 is 14.6 Å². The van der Waals surface area contributed by atoms with Crippen LogP contribution in [0, 0.1) is 0 Å². The molecule has 0 spiro atoms. The lowest BCUT2D eigenvalue weighted by atomic mass is 10.1. The van der Waals surface area contributed by atoms with Gasteiger partial charge in [0.2, 0.25) is 5.91 Å². The van der Waals surface area contributed by atoms with E-state index in [9.17, 15) is 22.8 Å². The molecule has 0 bridgehead atoms. The van der Waals surface area contributed by atoms with Crippen molar-refractivity contribution in [2.75, 3.05) is 13.1 Å². The van der Waals surface area contributed by atoms with Gasteiger partial charge in [0.15, 0.2) is 5.65 Å². The molecule has 164 valence electrons. The van der Waals surface area contributed by atoms with Crippen LogP contribution in [-0.4, -0.2) is 50.0 Å². The second-order valence-electron chi connectivity index (χ2n) is 7.41. The molecule has 4 rings (SSSR count). The number of para-hydroxylation sites is 1. The van der Waals surface area contributed by atoms with E-state index >= 15 is 0 Å². The van der Waals surface area contributed by atoms with E-state index < -0.39 is 11.9 Å². The van der Waals surface area contributed by atoms with Gasteiger partial charge in [-0.3, -0.25) is 9.59 Å². The predicted molar refractivity (Wildman–Crippen MR) is 105 cm³/mol. The fourth-order valence-corrected chi connectivity index (χ4v) is 3.81. The quantitative estimate of drug-likeness (QED) is 0.680. The molecule has 0 unspecified atom stereocenters. The largest absolute Gasteiger partial charge is 0.573 e. The van der Waals surface area contributed by atoms with Gasteiger partial charge >= 0.3 is 6.36 Å². The van der Waals surface area contributed by atoms with Gasteiger partial charge in [0.25, 0.3) is 5.56 Å². The normalized spacial score (nSPS) is 15.4. The minimum absolute atomic E-state index is 0.0142. The number of carbonyl (C=O) groups excluding carboxylic acids is 1. The van der Waals surface area contributed by atoms with Crippen molar-refractivity contribution in [3.05, 3.63) is 52.2 Å². The summed E-state index contributed by atoms with van der Waals surface area (Å²) >= 11 is 0. The number of piperidine rings is 1. The Kier molecular flexibility index (Phi) is 5.42. The van der Waals surface area contributed by atoms with Crippen LogP contribution in [0.4, 0.5) is 13.2 Å². The molecule has 11 heteroatoms. The molecule has 0 saturated carbocycles. The van der Waals surface area contributed by atoms with E-state index in [-0.39, 0.29) is 35.5 Å². The van der Waals surface area contributed by atoms with Crippen molar-refractivity contribution < 1.29 is 22.7 Å². The third-order valence-corrected chi connectivity index (χ3v) is 5.32. The fourth-order valence-electron chi connectivity index (χ4n) is 3.81. The molecule has 1 aliphatic rings. The van der Waals surface area contributed by atoms with Crippen molar-refractivity contribution in [3.63, 3.8) is 0 Å². The van der Waals surface area contributed by atoms with Gasteiger partial charge in [-0.15, -0.1) is 13.2 Å². The number of amides is 1. The number of aromatic amines is 1. The Morgan fingerprint density at radius 1 is 1.26 bits per heavy atom. The van der Waals surface area contributed by atoms with Crippen LogP contribution in [0.25, 0.3) is 11.0 Å². The van der Waals surface area contributed by atoms with Crippen molar-refractivity contribution in [3.8, 4) is 5.75 Å².